The first-order valence-electron chi connectivity index (χ1n) is 19.4. The maximum Gasteiger partial charge on any atom is 0.164 e. The molecule has 0 fully saturated rings. The molecule has 0 spiro atoms. The summed E-state index contributed by atoms with van der Waals surface area (Å²) in [6.07, 6.45) is 6.60. The highest BCUT2D eigenvalue weighted by atomic mass is 16.3. The zero-order chi connectivity index (χ0) is 37.7. The van der Waals surface area contributed by atoms with Crippen LogP contribution in [0.4, 0.5) is 0 Å². The Labute approximate surface area is 329 Å². The second-order valence-electron chi connectivity index (χ2n) is 14.5. The van der Waals surface area contributed by atoms with Gasteiger partial charge in [-0.2, -0.15) is 0 Å². The molecule has 7 aromatic carbocycles. The summed E-state index contributed by atoms with van der Waals surface area (Å²) in [5, 5.41) is 5.64. The zero-order valence-electron chi connectivity index (χ0n) is 30.9. The van der Waals surface area contributed by atoms with Gasteiger partial charge < -0.3 is 4.42 Å². The maximum atomic E-state index is 6.54. The number of fused-ring (bicyclic) bond motifs is 7. The second kappa shape index (κ2) is 13.7. The molecule has 10 aromatic rings. The number of pyridine rings is 1. The van der Waals surface area contributed by atoms with Crippen molar-refractivity contribution in [3.05, 3.63) is 193 Å². The Bertz CT molecular complexity index is 3150. The lowest BCUT2D eigenvalue weighted by molar-refractivity contribution is 0.669. The first-order valence-corrected chi connectivity index (χ1v) is 19.4. The summed E-state index contributed by atoms with van der Waals surface area (Å²) >= 11 is 0. The summed E-state index contributed by atoms with van der Waals surface area (Å²) in [4.78, 5) is 20.0. The molecule has 5 nitrogen and oxygen atoms in total. The number of allylic oxidation sites excluding steroid dienone is 4. The number of rotatable bonds is 6. The van der Waals surface area contributed by atoms with Crippen LogP contribution in [0.2, 0.25) is 0 Å². The van der Waals surface area contributed by atoms with Gasteiger partial charge in [-0.15, -0.1) is 0 Å². The van der Waals surface area contributed by atoms with Crippen LogP contribution in [0.1, 0.15) is 24.0 Å². The van der Waals surface area contributed by atoms with Crippen molar-refractivity contribution in [3.63, 3.8) is 0 Å². The average Bonchev–Trinajstić information content (AvgIpc) is 3.68. The molecular formula is C52H34N4O. The molecule has 0 saturated heterocycles. The van der Waals surface area contributed by atoms with Gasteiger partial charge in [0.1, 0.15) is 11.2 Å². The molecule has 3 aromatic heterocycles. The minimum Gasteiger partial charge on any atom is -0.456 e. The largest absolute Gasteiger partial charge is 0.456 e. The van der Waals surface area contributed by atoms with E-state index in [0.717, 1.165) is 84.6 Å². The lowest BCUT2D eigenvalue weighted by Crippen LogP contribution is -2.00. The molecule has 0 amide bonds. The van der Waals surface area contributed by atoms with E-state index in [9.17, 15) is 0 Å². The third kappa shape index (κ3) is 5.88. The molecule has 0 unspecified atom stereocenters. The predicted octanol–water partition coefficient (Wildman–Crippen LogP) is 13.4. The van der Waals surface area contributed by atoms with Crippen molar-refractivity contribution < 1.29 is 4.42 Å². The SMILES string of the molecule is C1=C(c2ccc(-c3nc(-c4ccccc4)nc(-c4ccccc4)n3)cc2)C=C(c2ccc3oc4ccc5c6ccccc6nc(-c6ccccc6)c5c4c3c2)CC1. The maximum absolute atomic E-state index is 6.54. The van der Waals surface area contributed by atoms with Crippen molar-refractivity contribution in [2.75, 3.05) is 0 Å². The molecule has 0 radical (unpaired) electrons. The average molecular weight is 731 g/mol. The highest BCUT2D eigenvalue weighted by Gasteiger charge is 2.20. The number of nitrogens with zero attached hydrogens (tertiary/aromatic N) is 4. The van der Waals surface area contributed by atoms with Gasteiger partial charge in [0.05, 0.1) is 11.2 Å². The predicted molar refractivity (Wildman–Crippen MR) is 233 cm³/mol. The highest BCUT2D eigenvalue weighted by Crippen LogP contribution is 2.43. The van der Waals surface area contributed by atoms with Crippen molar-refractivity contribution in [1.29, 1.82) is 0 Å². The highest BCUT2D eigenvalue weighted by molar-refractivity contribution is 6.27. The molecule has 268 valence electrons. The van der Waals surface area contributed by atoms with Gasteiger partial charge in [0.25, 0.3) is 0 Å². The normalized spacial score (nSPS) is 13.0. The molecule has 0 saturated carbocycles. The van der Waals surface area contributed by atoms with Crippen LogP contribution < -0.4 is 0 Å². The molecule has 3 heterocycles. The Kier molecular flexibility index (Phi) is 7.88. The van der Waals surface area contributed by atoms with Gasteiger partial charge in [-0.3, -0.25) is 0 Å². The molecule has 57 heavy (non-hydrogen) atoms. The fourth-order valence-corrected chi connectivity index (χ4v) is 8.20. The fourth-order valence-electron chi connectivity index (χ4n) is 8.20. The van der Waals surface area contributed by atoms with Crippen LogP contribution in [0.5, 0.6) is 0 Å². The zero-order valence-corrected chi connectivity index (χ0v) is 30.9. The van der Waals surface area contributed by atoms with Crippen molar-refractivity contribution >= 4 is 54.8 Å². The van der Waals surface area contributed by atoms with Gasteiger partial charge >= 0.3 is 0 Å². The van der Waals surface area contributed by atoms with Crippen LogP contribution in [0.15, 0.2) is 186 Å². The van der Waals surface area contributed by atoms with E-state index in [0.29, 0.717) is 17.5 Å². The Balaban J connectivity index is 0.980. The van der Waals surface area contributed by atoms with E-state index in [-0.39, 0.29) is 0 Å². The molecular weight excluding hydrogens is 697 g/mol. The monoisotopic (exact) mass is 730 g/mol. The molecule has 1 aliphatic carbocycles. The van der Waals surface area contributed by atoms with Gasteiger partial charge in [0, 0.05) is 43.8 Å². The Morgan fingerprint density at radius 2 is 0.965 bits per heavy atom. The van der Waals surface area contributed by atoms with E-state index in [2.05, 4.69) is 121 Å². The Morgan fingerprint density at radius 1 is 0.404 bits per heavy atom. The van der Waals surface area contributed by atoms with Gasteiger partial charge in [-0.05, 0) is 70.8 Å². The van der Waals surface area contributed by atoms with Crippen molar-refractivity contribution in [2.45, 2.75) is 12.8 Å². The van der Waals surface area contributed by atoms with E-state index < -0.39 is 0 Å². The number of benzene rings is 7. The second-order valence-corrected chi connectivity index (χ2v) is 14.5. The summed E-state index contributed by atoms with van der Waals surface area (Å²) in [5.74, 6) is 1.96. The van der Waals surface area contributed by atoms with Crippen LogP contribution in [-0.4, -0.2) is 19.9 Å². The minimum absolute atomic E-state index is 0.648. The van der Waals surface area contributed by atoms with Crippen LogP contribution in [0, 0.1) is 0 Å². The summed E-state index contributed by atoms with van der Waals surface area (Å²) < 4.78 is 6.54. The van der Waals surface area contributed by atoms with E-state index in [1.807, 2.05) is 60.7 Å². The summed E-state index contributed by atoms with van der Waals surface area (Å²) in [6, 6.07) is 58.6. The van der Waals surface area contributed by atoms with Crippen molar-refractivity contribution in [3.8, 4) is 45.4 Å². The number of para-hydroxylation sites is 1. The lowest BCUT2D eigenvalue weighted by Gasteiger charge is -2.15. The summed E-state index contributed by atoms with van der Waals surface area (Å²) in [5.41, 5.74) is 12.5. The first-order chi connectivity index (χ1) is 28.2. The number of hydrogen-bond donors (Lipinski definition) is 0. The van der Waals surface area contributed by atoms with Crippen molar-refractivity contribution in [1.82, 2.24) is 19.9 Å². The van der Waals surface area contributed by atoms with Crippen LogP contribution in [0.25, 0.3) is 100 Å². The topological polar surface area (TPSA) is 64.7 Å². The van der Waals surface area contributed by atoms with E-state index in [1.54, 1.807) is 0 Å². The molecule has 0 N–H and O–H groups in total. The molecule has 11 rings (SSSR count). The number of hydrogen-bond acceptors (Lipinski definition) is 5. The first kappa shape index (κ1) is 32.9. The summed E-state index contributed by atoms with van der Waals surface area (Å²) in [6.45, 7) is 0. The lowest BCUT2D eigenvalue weighted by atomic mass is 9.89. The number of aromatic nitrogens is 4. The molecule has 0 aliphatic heterocycles. The smallest absolute Gasteiger partial charge is 0.164 e. The van der Waals surface area contributed by atoms with Crippen LogP contribution in [0.3, 0.4) is 0 Å². The Hall–Kier alpha value is -7.50. The third-order valence-corrected chi connectivity index (χ3v) is 11.0. The van der Waals surface area contributed by atoms with Crippen LogP contribution >= 0.6 is 0 Å². The molecule has 5 heteroatoms. The fraction of sp³-hybridized carbons (Fsp3) is 0.0385. The minimum atomic E-state index is 0.648. The summed E-state index contributed by atoms with van der Waals surface area (Å²) in [7, 11) is 0. The molecule has 0 atom stereocenters. The number of furan rings is 1. The van der Waals surface area contributed by atoms with Crippen molar-refractivity contribution in [2.24, 2.45) is 0 Å². The third-order valence-electron chi connectivity index (χ3n) is 11.0. The van der Waals surface area contributed by atoms with Gasteiger partial charge in [0.2, 0.25) is 0 Å². The van der Waals surface area contributed by atoms with Gasteiger partial charge in [-0.25, -0.2) is 19.9 Å². The molecule has 1 aliphatic rings. The van der Waals surface area contributed by atoms with E-state index in [4.69, 9.17) is 24.4 Å². The quantitative estimate of drug-likeness (QED) is 0.159. The Morgan fingerprint density at radius 3 is 1.65 bits per heavy atom. The van der Waals surface area contributed by atoms with E-state index in [1.165, 1.54) is 22.1 Å². The van der Waals surface area contributed by atoms with Gasteiger partial charge in [0.15, 0.2) is 17.5 Å². The standard InChI is InChI=1S/C52H34N4O/c1-4-13-34(14-5-1)49-48-42(41-21-10-11-22-44(41)53-49)28-30-46-47(48)43-32-40(27-29-45(43)57-46)39-20-12-19-38(31-39)33-23-25-37(26-24-33)52-55-50(35-15-6-2-7-16-35)54-51(56-52)36-17-8-3-9-18-36/h1-11,13-19,21-32H,12,20H2. The van der Waals surface area contributed by atoms with Gasteiger partial charge in [-0.1, -0.05) is 152 Å². The van der Waals surface area contributed by atoms with E-state index >= 15 is 0 Å². The molecule has 0 bridgehead atoms. The van der Waals surface area contributed by atoms with Crippen LogP contribution in [-0.2, 0) is 0 Å².